The average molecular weight is 338 g/mol. The molecule has 0 saturated heterocycles. The van der Waals surface area contributed by atoms with Crippen LogP contribution in [0.15, 0.2) is 36.4 Å². The molecule has 1 aromatic heterocycles. The van der Waals surface area contributed by atoms with Crippen molar-refractivity contribution in [2.24, 2.45) is 11.8 Å². The van der Waals surface area contributed by atoms with Crippen molar-refractivity contribution < 1.29 is 4.74 Å². The first-order valence-corrected chi connectivity index (χ1v) is 9.80. The van der Waals surface area contributed by atoms with Crippen molar-refractivity contribution >= 4 is 0 Å². The lowest BCUT2D eigenvalue weighted by molar-refractivity contribution is 0.278. The Hall–Kier alpha value is -1.90. The normalized spacial score (nSPS) is 20.4. The number of rotatable bonds is 7. The summed E-state index contributed by atoms with van der Waals surface area (Å²) >= 11 is 0. The van der Waals surface area contributed by atoms with Crippen LogP contribution in [0.5, 0.6) is 5.88 Å². The van der Waals surface area contributed by atoms with E-state index in [2.05, 4.69) is 48.3 Å². The molecule has 0 aliphatic heterocycles. The number of hydrogen-bond acceptors (Lipinski definition) is 3. The van der Waals surface area contributed by atoms with Crippen LogP contribution in [0.3, 0.4) is 0 Å². The fourth-order valence-corrected chi connectivity index (χ4v) is 3.59. The third-order valence-corrected chi connectivity index (χ3v) is 5.32. The summed E-state index contributed by atoms with van der Waals surface area (Å²) in [5, 5.41) is 8.43. The summed E-state index contributed by atoms with van der Waals surface area (Å²) in [4.78, 5) is 0. The van der Waals surface area contributed by atoms with Crippen LogP contribution in [0.25, 0.3) is 11.3 Å². The maximum absolute atomic E-state index is 5.49. The van der Waals surface area contributed by atoms with Gasteiger partial charge in [-0.3, -0.25) is 0 Å². The van der Waals surface area contributed by atoms with Gasteiger partial charge in [0.15, 0.2) is 0 Å². The number of ether oxygens (including phenoxy) is 1. The molecule has 0 bridgehead atoms. The van der Waals surface area contributed by atoms with Crippen LogP contribution in [0, 0.1) is 11.8 Å². The highest BCUT2D eigenvalue weighted by atomic mass is 16.5. The van der Waals surface area contributed by atoms with Crippen molar-refractivity contribution in [1.29, 1.82) is 0 Å². The van der Waals surface area contributed by atoms with E-state index in [4.69, 9.17) is 4.74 Å². The number of aromatic nitrogens is 2. The fraction of sp³-hybridized carbons (Fsp3) is 0.545. The largest absolute Gasteiger partial charge is 0.477 e. The van der Waals surface area contributed by atoms with Crippen LogP contribution < -0.4 is 4.74 Å². The van der Waals surface area contributed by atoms with Crippen LogP contribution in [-0.2, 0) is 6.42 Å². The third-order valence-electron chi connectivity index (χ3n) is 5.32. The lowest BCUT2D eigenvalue weighted by Gasteiger charge is -2.26. The highest BCUT2D eigenvalue weighted by Crippen LogP contribution is 2.31. The zero-order valence-corrected chi connectivity index (χ0v) is 15.6. The van der Waals surface area contributed by atoms with E-state index in [1.54, 1.807) is 0 Å². The van der Waals surface area contributed by atoms with Crippen LogP contribution in [-0.4, -0.2) is 16.8 Å². The van der Waals surface area contributed by atoms with Gasteiger partial charge in [-0.05, 0) is 42.7 Å². The summed E-state index contributed by atoms with van der Waals surface area (Å²) in [5.41, 5.74) is 3.44. The average Bonchev–Trinajstić information content (AvgIpc) is 2.67. The van der Waals surface area contributed by atoms with E-state index >= 15 is 0 Å². The molecule has 25 heavy (non-hydrogen) atoms. The predicted molar refractivity (Wildman–Crippen MR) is 103 cm³/mol. The molecule has 1 heterocycles. The molecule has 3 heteroatoms. The van der Waals surface area contributed by atoms with Gasteiger partial charge < -0.3 is 4.74 Å². The van der Waals surface area contributed by atoms with Gasteiger partial charge in [-0.2, -0.15) is 0 Å². The first-order valence-electron chi connectivity index (χ1n) is 9.80. The third kappa shape index (κ3) is 5.29. The van der Waals surface area contributed by atoms with Crippen molar-refractivity contribution in [3.8, 4) is 17.1 Å². The van der Waals surface area contributed by atoms with Gasteiger partial charge in [0.2, 0.25) is 5.88 Å². The number of aryl methyl sites for hydroxylation is 1. The second kappa shape index (κ2) is 8.98. The van der Waals surface area contributed by atoms with E-state index < -0.39 is 0 Å². The van der Waals surface area contributed by atoms with Gasteiger partial charge >= 0.3 is 0 Å². The van der Waals surface area contributed by atoms with Gasteiger partial charge in [0.05, 0.1) is 12.3 Å². The molecule has 0 atom stereocenters. The zero-order chi connectivity index (χ0) is 17.5. The Morgan fingerprint density at radius 1 is 0.960 bits per heavy atom. The summed E-state index contributed by atoms with van der Waals surface area (Å²) in [6, 6.07) is 12.7. The molecule has 1 aromatic carbocycles. The zero-order valence-electron chi connectivity index (χ0n) is 15.6. The molecule has 1 aliphatic rings. The maximum Gasteiger partial charge on any atom is 0.233 e. The molecule has 134 valence electrons. The Labute approximate surface area is 151 Å². The molecular weight excluding hydrogens is 308 g/mol. The molecular formula is C22H30N2O. The highest BCUT2D eigenvalue weighted by molar-refractivity contribution is 5.59. The lowest BCUT2D eigenvalue weighted by atomic mass is 9.80. The Morgan fingerprint density at radius 3 is 2.36 bits per heavy atom. The Morgan fingerprint density at radius 2 is 1.72 bits per heavy atom. The second-order valence-corrected chi connectivity index (χ2v) is 7.47. The van der Waals surface area contributed by atoms with Crippen LogP contribution >= 0.6 is 0 Å². The topological polar surface area (TPSA) is 35.0 Å². The maximum atomic E-state index is 5.49. The Kier molecular flexibility index (Phi) is 6.43. The number of benzene rings is 1. The molecule has 0 unspecified atom stereocenters. The van der Waals surface area contributed by atoms with Crippen LogP contribution in [0.4, 0.5) is 0 Å². The fourth-order valence-electron chi connectivity index (χ4n) is 3.59. The lowest BCUT2D eigenvalue weighted by Crippen LogP contribution is -2.12. The smallest absolute Gasteiger partial charge is 0.233 e. The minimum atomic E-state index is 0.601. The molecule has 0 spiro atoms. The second-order valence-electron chi connectivity index (χ2n) is 7.47. The molecule has 1 aliphatic carbocycles. The van der Waals surface area contributed by atoms with Crippen LogP contribution in [0.1, 0.15) is 57.9 Å². The van der Waals surface area contributed by atoms with E-state index in [9.17, 15) is 0 Å². The van der Waals surface area contributed by atoms with Gasteiger partial charge in [-0.25, -0.2) is 0 Å². The highest BCUT2D eigenvalue weighted by Gasteiger charge is 2.17. The van der Waals surface area contributed by atoms with E-state index in [1.165, 1.54) is 44.1 Å². The van der Waals surface area contributed by atoms with Gasteiger partial charge in [0.1, 0.15) is 0 Å². The minimum absolute atomic E-state index is 0.601. The number of nitrogens with zero attached hydrogens (tertiary/aromatic N) is 2. The summed E-state index contributed by atoms with van der Waals surface area (Å²) in [5.74, 6) is 2.47. The summed E-state index contributed by atoms with van der Waals surface area (Å²) in [6.45, 7) is 5.15. The molecule has 2 aromatic rings. The SMILES string of the molecule is CCCOc1ccc(-c2ccc(CCC3CCC(C)CC3)cc2)nn1. The molecule has 3 rings (SSSR count). The molecule has 1 fully saturated rings. The minimum Gasteiger partial charge on any atom is -0.477 e. The van der Waals surface area contributed by atoms with Gasteiger partial charge in [-0.1, -0.05) is 63.8 Å². The molecule has 0 amide bonds. The molecule has 0 radical (unpaired) electrons. The first kappa shape index (κ1) is 17.9. The van der Waals surface area contributed by atoms with Crippen LogP contribution in [0.2, 0.25) is 0 Å². The van der Waals surface area contributed by atoms with Gasteiger partial charge in [0.25, 0.3) is 0 Å². The number of hydrogen-bond donors (Lipinski definition) is 0. The summed E-state index contributed by atoms with van der Waals surface area (Å²) < 4.78 is 5.49. The van der Waals surface area contributed by atoms with Crippen molar-refractivity contribution in [1.82, 2.24) is 10.2 Å². The summed E-state index contributed by atoms with van der Waals surface area (Å²) in [6.07, 6.45) is 9.16. The van der Waals surface area contributed by atoms with Crippen molar-refractivity contribution in [3.63, 3.8) is 0 Å². The van der Waals surface area contributed by atoms with Crippen molar-refractivity contribution in [3.05, 3.63) is 42.0 Å². The first-order chi connectivity index (χ1) is 12.2. The van der Waals surface area contributed by atoms with Gasteiger partial charge in [0, 0.05) is 11.6 Å². The predicted octanol–water partition coefficient (Wildman–Crippen LogP) is 5.69. The van der Waals surface area contributed by atoms with E-state index in [-0.39, 0.29) is 0 Å². The van der Waals surface area contributed by atoms with E-state index in [1.807, 2.05) is 12.1 Å². The summed E-state index contributed by atoms with van der Waals surface area (Å²) in [7, 11) is 0. The van der Waals surface area contributed by atoms with E-state index in [0.29, 0.717) is 12.5 Å². The Bertz CT molecular complexity index is 628. The van der Waals surface area contributed by atoms with Gasteiger partial charge in [-0.15, -0.1) is 10.2 Å². The standard InChI is InChI=1S/C22H30N2O/c1-3-16-25-22-15-14-21(23-24-22)20-12-10-19(11-13-20)9-8-18-6-4-17(2)5-7-18/h10-15,17-18H,3-9,16H2,1-2H3. The van der Waals surface area contributed by atoms with Crippen molar-refractivity contribution in [2.75, 3.05) is 6.61 Å². The molecule has 3 nitrogen and oxygen atoms in total. The quantitative estimate of drug-likeness (QED) is 0.650. The monoisotopic (exact) mass is 338 g/mol. The Balaban J connectivity index is 1.53. The van der Waals surface area contributed by atoms with Crippen molar-refractivity contribution in [2.45, 2.75) is 58.8 Å². The van der Waals surface area contributed by atoms with E-state index in [0.717, 1.165) is 29.5 Å². The molecule has 1 saturated carbocycles. The molecule has 0 N–H and O–H groups in total.